The van der Waals surface area contributed by atoms with Crippen molar-refractivity contribution in [2.24, 2.45) is 0 Å². The Labute approximate surface area is 97.6 Å². The molecule has 0 unspecified atom stereocenters. The normalized spacial score (nSPS) is 12.9. The number of nitrogens with zero attached hydrogens (tertiary/aromatic N) is 1. The fourth-order valence-corrected chi connectivity index (χ4v) is 1.11. The smallest absolute Gasteiger partial charge is 0.434 e. The van der Waals surface area contributed by atoms with Gasteiger partial charge >= 0.3 is 6.18 Å². The van der Waals surface area contributed by atoms with Crippen molar-refractivity contribution < 1.29 is 31.9 Å². The molecule has 0 aliphatic carbocycles. The summed E-state index contributed by atoms with van der Waals surface area (Å²) in [6.07, 6.45) is -7.41. The van der Waals surface area contributed by atoms with Crippen LogP contribution in [0.2, 0.25) is 0 Å². The highest BCUT2D eigenvalue weighted by atomic mass is 19.4. The molecule has 0 saturated heterocycles. The highest BCUT2D eigenvalue weighted by molar-refractivity contribution is 5.97. The second-order valence-electron chi connectivity index (χ2n) is 3.13. The average molecular weight is 267 g/mol. The summed E-state index contributed by atoms with van der Waals surface area (Å²) >= 11 is 0. The molecule has 18 heavy (non-hydrogen) atoms. The molecule has 0 atom stereocenters. The maximum atomic E-state index is 12.5. The van der Waals surface area contributed by atoms with Gasteiger partial charge in [0.15, 0.2) is 5.69 Å². The molecule has 8 heteroatoms. The molecular formula is C10H6F5NO2. The van der Waals surface area contributed by atoms with Crippen LogP contribution in [0.15, 0.2) is 24.4 Å². The van der Waals surface area contributed by atoms with Gasteiger partial charge in [-0.1, -0.05) is 0 Å². The molecular weight excluding hydrogens is 261 g/mol. The van der Waals surface area contributed by atoms with Crippen molar-refractivity contribution in [1.82, 2.24) is 4.98 Å². The molecule has 1 N–H and O–H groups in total. The first kappa shape index (κ1) is 14.1. The van der Waals surface area contributed by atoms with Crippen LogP contribution in [0, 0.1) is 0 Å². The summed E-state index contributed by atoms with van der Waals surface area (Å²) in [5.74, 6) is -3.00. The summed E-state index contributed by atoms with van der Waals surface area (Å²) in [5.41, 5.74) is -2.29. The molecule has 0 spiro atoms. The maximum Gasteiger partial charge on any atom is 0.434 e. The minimum absolute atomic E-state index is 0.0386. The van der Waals surface area contributed by atoms with Crippen LogP contribution in [0.4, 0.5) is 22.0 Å². The first-order chi connectivity index (χ1) is 8.23. The summed E-state index contributed by atoms with van der Waals surface area (Å²) in [5, 5.41) is 9.25. The van der Waals surface area contributed by atoms with Gasteiger partial charge in [-0.05, 0) is 12.1 Å². The van der Waals surface area contributed by atoms with Gasteiger partial charge in [-0.25, -0.2) is 8.78 Å². The zero-order valence-electron chi connectivity index (χ0n) is 8.58. The van der Waals surface area contributed by atoms with Crippen LogP contribution in [-0.4, -0.2) is 22.3 Å². The Balaban J connectivity index is 3.22. The van der Waals surface area contributed by atoms with Gasteiger partial charge in [-0.2, -0.15) is 13.2 Å². The number of halogens is 5. The number of ketones is 1. The predicted octanol–water partition coefficient (Wildman–Crippen LogP) is 2.83. The zero-order valence-corrected chi connectivity index (χ0v) is 8.58. The number of carbonyl (C=O) groups excluding carboxylic acids is 1. The number of aromatic nitrogens is 1. The van der Waals surface area contributed by atoms with E-state index in [4.69, 9.17) is 0 Å². The van der Waals surface area contributed by atoms with E-state index in [2.05, 4.69) is 4.98 Å². The van der Waals surface area contributed by atoms with Gasteiger partial charge in [0.25, 0.3) is 6.43 Å². The highest BCUT2D eigenvalue weighted by Crippen LogP contribution is 2.32. The minimum Gasteiger partial charge on any atom is -0.507 e. The summed E-state index contributed by atoms with van der Waals surface area (Å²) < 4.78 is 61.2. The number of allylic oxidation sites excluding steroid dienone is 1. The molecule has 0 fully saturated rings. The van der Waals surface area contributed by atoms with Gasteiger partial charge in [0.05, 0.1) is 0 Å². The Morgan fingerprint density at radius 3 is 2.50 bits per heavy atom. The minimum atomic E-state index is -4.87. The van der Waals surface area contributed by atoms with Gasteiger partial charge in [-0.3, -0.25) is 9.78 Å². The lowest BCUT2D eigenvalue weighted by molar-refractivity contribution is -0.141. The molecule has 1 rings (SSSR count). The van der Waals surface area contributed by atoms with Crippen molar-refractivity contribution in [3.05, 3.63) is 35.7 Å². The molecule has 1 heterocycles. The van der Waals surface area contributed by atoms with Crippen LogP contribution in [0.25, 0.3) is 5.76 Å². The molecule has 3 nitrogen and oxygen atoms in total. The first-order valence-electron chi connectivity index (χ1n) is 4.48. The Hall–Kier alpha value is -1.99. The number of pyridine rings is 1. The Morgan fingerprint density at radius 1 is 1.39 bits per heavy atom. The van der Waals surface area contributed by atoms with Crippen LogP contribution >= 0.6 is 0 Å². The highest BCUT2D eigenvalue weighted by Gasteiger charge is 2.36. The van der Waals surface area contributed by atoms with E-state index in [1.54, 1.807) is 0 Å². The molecule has 0 aromatic carbocycles. The molecule has 0 saturated carbocycles. The largest absolute Gasteiger partial charge is 0.507 e. The molecule has 0 radical (unpaired) electrons. The van der Waals surface area contributed by atoms with Crippen molar-refractivity contribution in [3.8, 4) is 0 Å². The monoisotopic (exact) mass is 267 g/mol. The van der Waals surface area contributed by atoms with E-state index in [1.165, 1.54) is 0 Å². The third-order valence-corrected chi connectivity index (χ3v) is 1.85. The maximum absolute atomic E-state index is 12.5. The van der Waals surface area contributed by atoms with Crippen molar-refractivity contribution in [3.63, 3.8) is 0 Å². The van der Waals surface area contributed by atoms with Crippen molar-refractivity contribution in [2.45, 2.75) is 12.6 Å². The fraction of sp³-hybridized carbons (Fsp3) is 0.200. The lowest BCUT2D eigenvalue weighted by Crippen LogP contribution is -2.12. The van der Waals surface area contributed by atoms with E-state index in [9.17, 15) is 31.9 Å². The Kier molecular flexibility index (Phi) is 4.00. The molecule has 1 aromatic heterocycles. The van der Waals surface area contributed by atoms with E-state index in [-0.39, 0.29) is 6.08 Å². The van der Waals surface area contributed by atoms with Crippen LogP contribution in [0.1, 0.15) is 11.3 Å². The fourth-order valence-electron chi connectivity index (χ4n) is 1.11. The average Bonchev–Trinajstić information content (AvgIpc) is 2.27. The Bertz CT molecular complexity index is 481. The summed E-state index contributed by atoms with van der Waals surface area (Å²) in [6, 6.07) is 1.89. The van der Waals surface area contributed by atoms with E-state index < -0.39 is 35.4 Å². The molecule has 0 amide bonds. The lowest BCUT2D eigenvalue weighted by Gasteiger charge is -2.10. The second-order valence-corrected chi connectivity index (χ2v) is 3.13. The number of carbonyl (C=O) groups is 1. The zero-order chi connectivity index (χ0) is 13.9. The topological polar surface area (TPSA) is 50.2 Å². The van der Waals surface area contributed by atoms with Crippen LogP contribution in [0.3, 0.4) is 0 Å². The number of alkyl halides is 5. The first-order valence-corrected chi connectivity index (χ1v) is 4.48. The van der Waals surface area contributed by atoms with Crippen molar-refractivity contribution in [2.75, 3.05) is 0 Å². The summed E-state index contributed by atoms with van der Waals surface area (Å²) in [4.78, 5) is 13.6. The third-order valence-electron chi connectivity index (χ3n) is 1.85. The van der Waals surface area contributed by atoms with Crippen LogP contribution in [-0.2, 0) is 11.0 Å². The number of hydrogen-bond acceptors (Lipinski definition) is 3. The quantitative estimate of drug-likeness (QED) is 0.520. The SMILES string of the molecule is O=C(/C=C(\O)c1cccnc1C(F)(F)F)C(F)F. The van der Waals surface area contributed by atoms with Gasteiger partial charge in [0.1, 0.15) is 5.76 Å². The second kappa shape index (κ2) is 5.11. The van der Waals surface area contributed by atoms with E-state index in [0.29, 0.717) is 0 Å². The number of aliphatic hydroxyl groups is 1. The molecule has 98 valence electrons. The predicted molar refractivity (Wildman–Crippen MR) is 50.9 cm³/mol. The van der Waals surface area contributed by atoms with Gasteiger partial charge < -0.3 is 5.11 Å². The van der Waals surface area contributed by atoms with Crippen molar-refractivity contribution in [1.29, 1.82) is 0 Å². The Morgan fingerprint density at radius 2 is 2.00 bits per heavy atom. The standard InChI is InChI=1S/C10H6F5NO2/c11-9(12)7(18)4-6(17)5-2-1-3-16-8(5)10(13,14)15/h1-4,9,17H/b6-4-. The van der Waals surface area contributed by atoms with E-state index >= 15 is 0 Å². The number of rotatable bonds is 3. The lowest BCUT2D eigenvalue weighted by atomic mass is 10.1. The van der Waals surface area contributed by atoms with Crippen LogP contribution in [0.5, 0.6) is 0 Å². The van der Waals surface area contributed by atoms with Crippen LogP contribution < -0.4 is 0 Å². The summed E-state index contributed by atoms with van der Waals surface area (Å²) in [6.45, 7) is 0. The molecule has 0 aliphatic rings. The molecule has 0 aliphatic heterocycles. The number of hydrogen-bond donors (Lipinski definition) is 1. The van der Waals surface area contributed by atoms with Gasteiger partial charge in [-0.15, -0.1) is 0 Å². The molecule has 1 aromatic rings. The van der Waals surface area contributed by atoms with E-state index in [1.807, 2.05) is 0 Å². The van der Waals surface area contributed by atoms with Gasteiger partial charge in [0.2, 0.25) is 5.78 Å². The molecule has 0 bridgehead atoms. The summed E-state index contributed by atoms with van der Waals surface area (Å²) in [7, 11) is 0. The third kappa shape index (κ3) is 3.25. The number of aliphatic hydroxyl groups excluding tert-OH is 1. The van der Waals surface area contributed by atoms with Crippen molar-refractivity contribution >= 4 is 11.5 Å². The van der Waals surface area contributed by atoms with Gasteiger partial charge in [0, 0.05) is 17.8 Å². The van der Waals surface area contributed by atoms with E-state index in [0.717, 1.165) is 18.3 Å².